The molecule has 20 heavy (non-hydrogen) atoms. The van der Waals surface area contributed by atoms with Gasteiger partial charge in [-0.3, -0.25) is 0 Å². The number of ether oxygens (including phenoxy) is 1. The molecule has 0 radical (unpaired) electrons. The summed E-state index contributed by atoms with van der Waals surface area (Å²) in [6, 6.07) is 6.41. The van der Waals surface area contributed by atoms with Crippen LogP contribution in [0, 0.1) is 0 Å². The van der Waals surface area contributed by atoms with Crippen LogP contribution in [0.4, 0.5) is 5.82 Å². The maximum atomic E-state index is 5.95. The van der Waals surface area contributed by atoms with Crippen molar-refractivity contribution in [3.8, 4) is 0 Å². The highest BCUT2D eigenvalue weighted by molar-refractivity contribution is 5.56. The number of aromatic nitrogens is 2. The molecule has 2 aromatic rings. The van der Waals surface area contributed by atoms with Gasteiger partial charge in [0.15, 0.2) is 5.82 Å². The van der Waals surface area contributed by atoms with Crippen molar-refractivity contribution in [2.45, 2.75) is 32.9 Å². The standard InChI is InChI=1S/C15H24N4O/c1-4-12(2)18(9-10-20-3)15-13(11-16)19-8-6-5-7-14(19)17-15/h5-8,12H,4,9-11,16H2,1-3H3. The van der Waals surface area contributed by atoms with E-state index in [1.807, 2.05) is 24.4 Å². The van der Waals surface area contributed by atoms with Crippen molar-refractivity contribution in [3.63, 3.8) is 0 Å². The van der Waals surface area contributed by atoms with Gasteiger partial charge in [-0.15, -0.1) is 0 Å². The van der Waals surface area contributed by atoms with E-state index in [9.17, 15) is 0 Å². The minimum Gasteiger partial charge on any atom is -0.383 e. The Morgan fingerprint density at radius 2 is 2.25 bits per heavy atom. The number of hydrogen-bond donors (Lipinski definition) is 1. The quantitative estimate of drug-likeness (QED) is 0.841. The van der Waals surface area contributed by atoms with Crippen molar-refractivity contribution in [1.82, 2.24) is 9.38 Å². The van der Waals surface area contributed by atoms with Gasteiger partial charge in [-0.25, -0.2) is 4.98 Å². The van der Waals surface area contributed by atoms with Gasteiger partial charge in [-0.1, -0.05) is 13.0 Å². The average molecular weight is 276 g/mol. The SMILES string of the molecule is CCC(C)N(CCOC)c1nc2ccccn2c1CN. The molecule has 0 spiro atoms. The number of nitrogens with two attached hydrogens (primary N) is 1. The van der Waals surface area contributed by atoms with Crippen LogP contribution < -0.4 is 10.6 Å². The topological polar surface area (TPSA) is 55.8 Å². The minimum atomic E-state index is 0.403. The molecule has 0 amide bonds. The summed E-state index contributed by atoms with van der Waals surface area (Å²) in [5.41, 5.74) is 7.94. The lowest BCUT2D eigenvalue weighted by Crippen LogP contribution is -2.36. The molecule has 2 heterocycles. The molecule has 1 unspecified atom stereocenters. The first-order chi connectivity index (χ1) is 9.72. The molecule has 1 atom stereocenters. The third-order valence-electron chi connectivity index (χ3n) is 3.73. The van der Waals surface area contributed by atoms with Gasteiger partial charge < -0.3 is 19.8 Å². The van der Waals surface area contributed by atoms with E-state index in [-0.39, 0.29) is 0 Å². The fourth-order valence-electron chi connectivity index (χ4n) is 2.40. The number of rotatable bonds is 7. The molecule has 5 heteroatoms. The van der Waals surface area contributed by atoms with Gasteiger partial charge in [0.2, 0.25) is 0 Å². The highest BCUT2D eigenvalue weighted by Crippen LogP contribution is 2.24. The largest absolute Gasteiger partial charge is 0.383 e. The summed E-state index contributed by atoms with van der Waals surface area (Å²) in [6.07, 6.45) is 3.07. The van der Waals surface area contributed by atoms with E-state index in [1.54, 1.807) is 7.11 Å². The van der Waals surface area contributed by atoms with Crippen molar-refractivity contribution in [2.24, 2.45) is 5.73 Å². The lowest BCUT2D eigenvalue weighted by molar-refractivity contribution is 0.203. The molecule has 0 saturated heterocycles. The number of anilines is 1. The van der Waals surface area contributed by atoms with E-state index in [0.717, 1.165) is 30.1 Å². The zero-order valence-corrected chi connectivity index (χ0v) is 12.5. The molecule has 0 aliphatic heterocycles. The predicted molar refractivity (Wildman–Crippen MR) is 82.1 cm³/mol. The third-order valence-corrected chi connectivity index (χ3v) is 3.73. The predicted octanol–water partition coefficient (Wildman–Crippen LogP) is 2.04. The Morgan fingerprint density at radius 3 is 2.90 bits per heavy atom. The first-order valence-electron chi connectivity index (χ1n) is 7.14. The molecular weight excluding hydrogens is 252 g/mol. The molecule has 2 aromatic heterocycles. The first kappa shape index (κ1) is 14.8. The number of methoxy groups -OCH3 is 1. The monoisotopic (exact) mass is 276 g/mol. The zero-order valence-electron chi connectivity index (χ0n) is 12.5. The molecule has 0 aromatic carbocycles. The maximum Gasteiger partial charge on any atom is 0.152 e. The molecule has 2 N–H and O–H groups in total. The van der Waals surface area contributed by atoms with Crippen molar-refractivity contribution in [1.29, 1.82) is 0 Å². The number of imidazole rings is 1. The molecule has 5 nitrogen and oxygen atoms in total. The van der Waals surface area contributed by atoms with Crippen LogP contribution in [0.3, 0.4) is 0 Å². The van der Waals surface area contributed by atoms with Gasteiger partial charge in [-0.2, -0.15) is 0 Å². The first-order valence-corrected chi connectivity index (χ1v) is 7.14. The van der Waals surface area contributed by atoms with Crippen LogP contribution in [0.1, 0.15) is 26.0 Å². The van der Waals surface area contributed by atoms with E-state index in [2.05, 4.69) is 23.1 Å². The lowest BCUT2D eigenvalue weighted by Gasteiger charge is -2.29. The van der Waals surface area contributed by atoms with Crippen LogP contribution in [0.5, 0.6) is 0 Å². The summed E-state index contributed by atoms with van der Waals surface area (Å²) >= 11 is 0. The fraction of sp³-hybridized carbons (Fsp3) is 0.533. The van der Waals surface area contributed by atoms with Crippen molar-refractivity contribution in [3.05, 3.63) is 30.1 Å². The second-order valence-corrected chi connectivity index (χ2v) is 4.96. The summed E-state index contributed by atoms with van der Waals surface area (Å²) in [4.78, 5) is 7.05. The van der Waals surface area contributed by atoms with Gasteiger partial charge in [0.1, 0.15) is 5.65 Å². The molecule has 0 aliphatic rings. The van der Waals surface area contributed by atoms with E-state index >= 15 is 0 Å². The fourth-order valence-corrected chi connectivity index (χ4v) is 2.40. The Morgan fingerprint density at radius 1 is 1.45 bits per heavy atom. The molecule has 0 saturated carbocycles. The van der Waals surface area contributed by atoms with Crippen LogP contribution >= 0.6 is 0 Å². The van der Waals surface area contributed by atoms with E-state index < -0.39 is 0 Å². The van der Waals surface area contributed by atoms with Crippen LogP contribution in [-0.4, -0.2) is 35.7 Å². The van der Waals surface area contributed by atoms with Crippen LogP contribution in [-0.2, 0) is 11.3 Å². The molecule has 0 bridgehead atoms. The summed E-state index contributed by atoms with van der Waals surface area (Å²) < 4.78 is 7.30. The maximum absolute atomic E-state index is 5.95. The second kappa shape index (κ2) is 6.72. The number of pyridine rings is 1. The Bertz CT molecular complexity index is 552. The normalized spacial score (nSPS) is 12.8. The van der Waals surface area contributed by atoms with Gasteiger partial charge in [0.25, 0.3) is 0 Å². The average Bonchev–Trinajstić information content (AvgIpc) is 2.85. The van der Waals surface area contributed by atoms with Crippen molar-refractivity contribution < 1.29 is 4.74 Å². The summed E-state index contributed by atoms with van der Waals surface area (Å²) in [5, 5.41) is 0. The third kappa shape index (κ3) is 2.78. The molecule has 110 valence electrons. The van der Waals surface area contributed by atoms with Gasteiger partial charge in [-0.05, 0) is 25.5 Å². The smallest absolute Gasteiger partial charge is 0.152 e. The minimum absolute atomic E-state index is 0.403. The molecule has 0 aliphatic carbocycles. The van der Waals surface area contributed by atoms with E-state index in [1.165, 1.54) is 0 Å². The number of hydrogen-bond acceptors (Lipinski definition) is 4. The highest BCUT2D eigenvalue weighted by Gasteiger charge is 2.20. The number of nitrogens with zero attached hydrogens (tertiary/aromatic N) is 3. The lowest BCUT2D eigenvalue weighted by atomic mass is 10.2. The summed E-state index contributed by atoms with van der Waals surface area (Å²) in [7, 11) is 1.72. The van der Waals surface area contributed by atoms with E-state index in [0.29, 0.717) is 19.2 Å². The molecule has 2 rings (SSSR count). The van der Waals surface area contributed by atoms with Gasteiger partial charge in [0.05, 0.1) is 12.3 Å². The van der Waals surface area contributed by atoms with Crippen LogP contribution in [0.15, 0.2) is 24.4 Å². The Labute approximate surface area is 120 Å². The molecular formula is C15H24N4O. The van der Waals surface area contributed by atoms with Crippen molar-refractivity contribution in [2.75, 3.05) is 25.2 Å². The second-order valence-electron chi connectivity index (χ2n) is 4.96. The van der Waals surface area contributed by atoms with Gasteiger partial charge in [0, 0.05) is 32.4 Å². The van der Waals surface area contributed by atoms with Crippen molar-refractivity contribution >= 4 is 11.5 Å². The Hall–Kier alpha value is -1.59. The Kier molecular flexibility index (Phi) is 4.98. The Balaban J connectivity index is 2.45. The number of fused-ring (bicyclic) bond motifs is 1. The summed E-state index contributed by atoms with van der Waals surface area (Å²) in [5.74, 6) is 0.977. The zero-order chi connectivity index (χ0) is 14.5. The summed E-state index contributed by atoms with van der Waals surface area (Å²) in [6.45, 7) is 6.37. The van der Waals surface area contributed by atoms with Crippen LogP contribution in [0.2, 0.25) is 0 Å². The highest BCUT2D eigenvalue weighted by atomic mass is 16.5. The van der Waals surface area contributed by atoms with E-state index in [4.69, 9.17) is 15.5 Å². The molecule has 0 fully saturated rings. The van der Waals surface area contributed by atoms with Gasteiger partial charge >= 0.3 is 0 Å². The van der Waals surface area contributed by atoms with Crippen LogP contribution in [0.25, 0.3) is 5.65 Å².